The average Bonchev–Trinajstić information content (AvgIpc) is 3.03. The van der Waals surface area contributed by atoms with E-state index >= 15 is 0 Å². The van der Waals surface area contributed by atoms with E-state index in [4.69, 9.17) is 27.9 Å². The van der Waals surface area contributed by atoms with E-state index in [0.29, 0.717) is 27.3 Å². The molecule has 108 valence electrons. The van der Waals surface area contributed by atoms with E-state index in [2.05, 4.69) is 6.92 Å². The number of fused-ring (bicyclic) bond motifs is 1. The minimum atomic E-state index is -0.321. The summed E-state index contributed by atoms with van der Waals surface area (Å²) >= 11 is 12.5. The summed E-state index contributed by atoms with van der Waals surface area (Å²) in [5.41, 5.74) is 1.28. The predicted octanol–water partition coefficient (Wildman–Crippen LogP) is 4.94. The van der Waals surface area contributed by atoms with Crippen LogP contribution in [0.3, 0.4) is 0 Å². The van der Waals surface area contributed by atoms with Gasteiger partial charge in [-0.3, -0.25) is 4.79 Å². The van der Waals surface area contributed by atoms with Gasteiger partial charge in [-0.15, -0.1) is 0 Å². The molecule has 0 amide bonds. The molecule has 20 heavy (non-hydrogen) atoms. The average molecular weight is 313 g/mol. The lowest BCUT2D eigenvalue weighted by Gasteiger charge is -2.29. The zero-order chi connectivity index (χ0) is 14.5. The molecule has 1 aromatic carbocycles. The number of carbonyl (C=O) groups excluding carboxylic acids is 1. The molecule has 0 heterocycles. The Bertz CT molecular complexity index is 576. The van der Waals surface area contributed by atoms with Crippen molar-refractivity contribution >= 4 is 29.0 Å². The van der Waals surface area contributed by atoms with Gasteiger partial charge in [0.1, 0.15) is 10.8 Å². The van der Waals surface area contributed by atoms with Crippen LogP contribution in [-0.2, 0) is 6.42 Å². The van der Waals surface area contributed by atoms with E-state index in [1.165, 1.54) is 12.8 Å². The fourth-order valence-electron chi connectivity index (χ4n) is 3.84. The first-order valence-electron chi connectivity index (χ1n) is 7.08. The third-order valence-corrected chi connectivity index (χ3v) is 5.88. The van der Waals surface area contributed by atoms with Crippen LogP contribution < -0.4 is 4.74 Å². The smallest absolute Gasteiger partial charge is 0.171 e. The van der Waals surface area contributed by atoms with E-state index < -0.39 is 0 Å². The second-order valence-electron chi connectivity index (χ2n) is 6.15. The van der Waals surface area contributed by atoms with E-state index in [1.807, 2.05) is 6.07 Å². The molecule has 1 aromatic rings. The molecule has 2 aliphatic rings. The molecule has 0 aliphatic heterocycles. The molecule has 1 fully saturated rings. The SMILES string of the molecule is COc1cc2c(c(Cl)c1Cl)C(=O)[C@@](C)(C1CCCC1)C2. The first-order chi connectivity index (χ1) is 9.49. The molecular weight excluding hydrogens is 295 g/mol. The molecule has 0 bridgehead atoms. The topological polar surface area (TPSA) is 26.3 Å². The predicted molar refractivity (Wildman–Crippen MR) is 81.1 cm³/mol. The van der Waals surface area contributed by atoms with Gasteiger partial charge >= 0.3 is 0 Å². The number of hydrogen-bond donors (Lipinski definition) is 0. The number of Topliss-reactive ketones (excluding diaryl/α,β-unsaturated/α-hetero) is 1. The highest BCUT2D eigenvalue weighted by atomic mass is 35.5. The molecule has 1 saturated carbocycles. The highest BCUT2D eigenvalue weighted by molar-refractivity contribution is 6.45. The van der Waals surface area contributed by atoms with Crippen molar-refractivity contribution in [3.05, 3.63) is 27.2 Å². The minimum absolute atomic E-state index is 0.161. The summed E-state index contributed by atoms with van der Waals surface area (Å²) in [6.45, 7) is 2.09. The Labute approximate surface area is 129 Å². The maximum atomic E-state index is 12.9. The van der Waals surface area contributed by atoms with Crippen LogP contribution in [0.4, 0.5) is 0 Å². The number of rotatable bonds is 2. The third-order valence-electron chi connectivity index (χ3n) is 5.03. The molecule has 0 N–H and O–H groups in total. The summed E-state index contributed by atoms with van der Waals surface area (Å²) in [6.07, 6.45) is 5.47. The van der Waals surface area contributed by atoms with Gasteiger partial charge in [0.05, 0.1) is 12.1 Å². The van der Waals surface area contributed by atoms with Crippen LogP contribution in [0.5, 0.6) is 5.75 Å². The number of ether oxygens (including phenoxy) is 1. The van der Waals surface area contributed by atoms with Crippen LogP contribution >= 0.6 is 23.2 Å². The monoisotopic (exact) mass is 312 g/mol. The Hall–Kier alpha value is -0.730. The van der Waals surface area contributed by atoms with Gasteiger partial charge in [0.15, 0.2) is 5.78 Å². The van der Waals surface area contributed by atoms with Gasteiger partial charge in [-0.2, -0.15) is 0 Å². The number of ketones is 1. The second-order valence-corrected chi connectivity index (χ2v) is 6.90. The highest BCUT2D eigenvalue weighted by Crippen LogP contribution is 2.52. The van der Waals surface area contributed by atoms with Crippen molar-refractivity contribution in [3.63, 3.8) is 0 Å². The van der Waals surface area contributed by atoms with Gasteiger partial charge in [-0.25, -0.2) is 0 Å². The van der Waals surface area contributed by atoms with Crippen molar-refractivity contribution in [1.82, 2.24) is 0 Å². The largest absolute Gasteiger partial charge is 0.495 e. The Kier molecular flexibility index (Phi) is 3.50. The van der Waals surface area contributed by atoms with Crippen molar-refractivity contribution in [2.24, 2.45) is 11.3 Å². The molecule has 1 atom stereocenters. The highest BCUT2D eigenvalue weighted by Gasteiger charge is 2.49. The summed E-state index contributed by atoms with van der Waals surface area (Å²) < 4.78 is 5.25. The summed E-state index contributed by atoms with van der Waals surface area (Å²) in [5.74, 6) is 1.18. The Morgan fingerprint density at radius 1 is 1.25 bits per heavy atom. The molecule has 0 saturated heterocycles. The molecular formula is C16H18Cl2O2. The summed E-state index contributed by atoms with van der Waals surface area (Å²) in [5, 5.41) is 0.699. The summed E-state index contributed by atoms with van der Waals surface area (Å²) in [4.78, 5) is 12.9. The van der Waals surface area contributed by atoms with Crippen LogP contribution in [0.25, 0.3) is 0 Å². The molecule has 2 aliphatic carbocycles. The lowest BCUT2D eigenvalue weighted by molar-refractivity contribution is 0.0744. The number of halogens is 2. The standard InChI is InChI=1S/C16H18Cl2O2/c1-16(10-5-3-4-6-10)8-9-7-11(20-2)13(17)14(18)12(9)15(16)19/h7,10H,3-6,8H2,1-2H3/t16-/m1/s1. The zero-order valence-corrected chi connectivity index (χ0v) is 13.3. The molecule has 3 rings (SSSR count). The minimum Gasteiger partial charge on any atom is -0.495 e. The quantitative estimate of drug-likeness (QED) is 0.773. The van der Waals surface area contributed by atoms with Crippen molar-refractivity contribution in [2.45, 2.75) is 39.0 Å². The van der Waals surface area contributed by atoms with Gasteiger partial charge in [-0.05, 0) is 36.8 Å². The van der Waals surface area contributed by atoms with Crippen molar-refractivity contribution in [3.8, 4) is 5.75 Å². The van der Waals surface area contributed by atoms with Crippen LogP contribution in [0.2, 0.25) is 10.0 Å². The Balaban J connectivity index is 2.08. The Morgan fingerprint density at radius 2 is 1.90 bits per heavy atom. The third kappa shape index (κ3) is 1.88. The molecule has 0 spiro atoms. The van der Waals surface area contributed by atoms with Crippen LogP contribution in [-0.4, -0.2) is 12.9 Å². The molecule has 4 heteroatoms. The lowest BCUT2D eigenvalue weighted by Crippen LogP contribution is -2.32. The van der Waals surface area contributed by atoms with E-state index in [-0.39, 0.29) is 11.2 Å². The summed E-state index contributed by atoms with van der Waals surface area (Å²) in [7, 11) is 1.57. The number of carbonyl (C=O) groups is 1. The van der Waals surface area contributed by atoms with Crippen LogP contribution in [0.1, 0.15) is 48.5 Å². The number of hydrogen-bond acceptors (Lipinski definition) is 2. The zero-order valence-electron chi connectivity index (χ0n) is 11.8. The van der Waals surface area contributed by atoms with Crippen LogP contribution in [0, 0.1) is 11.3 Å². The van der Waals surface area contributed by atoms with E-state index in [9.17, 15) is 4.79 Å². The van der Waals surface area contributed by atoms with E-state index in [1.54, 1.807) is 7.11 Å². The number of benzene rings is 1. The van der Waals surface area contributed by atoms with Gasteiger partial charge in [0.25, 0.3) is 0 Å². The fraction of sp³-hybridized carbons (Fsp3) is 0.562. The Morgan fingerprint density at radius 3 is 2.50 bits per heavy atom. The normalized spacial score (nSPS) is 26.1. The van der Waals surface area contributed by atoms with Crippen molar-refractivity contribution in [1.29, 1.82) is 0 Å². The van der Waals surface area contributed by atoms with Gasteiger partial charge in [-0.1, -0.05) is 43.0 Å². The van der Waals surface area contributed by atoms with Gasteiger partial charge in [0, 0.05) is 11.0 Å². The molecule has 0 aromatic heterocycles. The second kappa shape index (κ2) is 4.92. The maximum Gasteiger partial charge on any atom is 0.171 e. The van der Waals surface area contributed by atoms with Crippen molar-refractivity contribution in [2.75, 3.05) is 7.11 Å². The fourth-order valence-corrected chi connectivity index (χ4v) is 4.37. The summed E-state index contributed by atoms with van der Waals surface area (Å²) in [6, 6.07) is 1.88. The first kappa shape index (κ1) is 14.2. The van der Waals surface area contributed by atoms with Crippen LogP contribution in [0.15, 0.2) is 6.07 Å². The van der Waals surface area contributed by atoms with Gasteiger partial charge in [0.2, 0.25) is 0 Å². The first-order valence-corrected chi connectivity index (χ1v) is 7.84. The molecule has 0 radical (unpaired) electrons. The lowest BCUT2D eigenvalue weighted by atomic mass is 9.73. The van der Waals surface area contributed by atoms with Gasteiger partial charge < -0.3 is 4.74 Å². The number of methoxy groups -OCH3 is 1. The molecule has 0 unspecified atom stereocenters. The molecule has 2 nitrogen and oxygen atoms in total. The maximum absolute atomic E-state index is 12.9. The van der Waals surface area contributed by atoms with Crippen molar-refractivity contribution < 1.29 is 9.53 Å². The van der Waals surface area contributed by atoms with E-state index in [0.717, 1.165) is 24.8 Å².